The highest BCUT2D eigenvalue weighted by atomic mass is 32.2. The first-order valence-electron chi connectivity index (χ1n) is 11.9. The fourth-order valence-electron chi connectivity index (χ4n) is 3.85. The van der Waals surface area contributed by atoms with Gasteiger partial charge in [-0.25, -0.2) is 8.42 Å². The van der Waals surface area contributed by atoms with Crippen LogP contribution < -0.4 is 4.72 Å². The topological polar surface area (TPSA) is 94.4 Å². The van der Waals surface area contributed by atoms with Crippen molar-refractivity contribution in [2.75, 3.05) is 30.9 Å². The van der Waals surface area contributed by atoms with Crippen LogP contribution in [0.25, 0.3) is 5.70 Å². The van der Waals surface area contributed by atoms with Gasteiger partial charge < -0.3 is 9.80 Å². The minimum atomic E-state index is -4.01. The first kappa shape index (κ1) is 30.0. The van der Waals surface area contributed by atoms with E-state index in [1.54, 1.807) is 24.0 Å². The van der Waals surface area contributed by atoms with E-state index in [0.29, 0.717) is 43.0 Å². The van der Waals surface area contributed by atoms with Crippen LogP contribution in [-0.4, -0.2) is 63.2 Å². The van der Waals surface area contributed by atoms with Crippen LogP contribution in [0.5, 0.6) is 0 Å². The van der Waals surface area contributed by atoms with Gasteiger partial charge in [-0.1, -0.05) is 51.1 Å². The molecule has 38 heavy (non-hydrogen) atoms. The number of carbonyl (C=O) groups is 1. The average Bonchev–Trinajstić information content (AvgIpc) is 2.91. The van der Waals surface area contributed by atoms with E-state index in [1.807, 2.05) is 19.1 Å². The number of sulfonamides is 1. The molecule has 1 aliphatic rings. The van der Waals surface area contributed by atoms with Crippen molar-refractivity contribution < 1.29 is 13.2 Å². The molecule has 200 valence electrons. The van der Waals surface area contributed by atoms with E-state index in [2.05, 4.69) is 59.2 Å². The first-order chi connectivity index (χ1) is 18.0. The van der Waals surface area contributed by atoms with Crippen molar-refractivity contribution in [3.8, 4) is 0 Å². The minimum Gasteiger partial charge on any atom is -0.368 e. The maximum absolute atomic E-state index is 13.2. The van der Waals surface area contributed by atoms with Gasteiger partial charge in [0.1, 0.15) is 10.6 Å². The Morgan fingerprint density at radius 2 is 1.68 bits per heavy atom. The van der Waals surface area contributed by atoms with Crippen molar-refractivity contribution in [1.82, 2.24) is 9.80 Å². The van der Waals surface area contributed by atoms with E-state index in [-0.39, 0.29) is 22.2 Å². The number of amides is 1. The molecule has 0 bridgehead atoms. The van der Waals surface area contributed by atoms with Crippen LogP contribution in [0, 0.1) is 6.92 Å². The monoisotopic (exact) mass is 533 g/mol. The summed E-state index contributed by atoms with van der Waals surface area (Å²) in [7, 11) is -4.01. The zero-order valence-electron chi connectivity index (χ0n) is 22.1. The van der Waals surface area contributed by atoms with Gasteiger partial charge in [0.2, 0.25) is 0 Å². The smallest absolute Gasteiger partial charge is 0.272 e. The van der Waals surface area contributed by atoms with Gasteiger partial charge in [-0.2, -0.15) is 0 Å². The van der Waals surface area contributed by atoms with Crippen LogP contribution >= 0.6 is 0 Å². The lowest BCUT2D eigenvalue weighted by molar-refractivity contribution is -0.128. The molecule has 0 saturated carbocycles. The molecular weight excluding hydrogens is 498 g/mol. The Labute approximate surface area is 226 Å². The van der Waals surface area contributed by atoms with Crippen molar-refractivity contribution in [3.05, 3.63) is 108 Å². The molecule has 1 aliphatic heterocycles. The summed E-state index contributed by atoms with van der Waals surface area (Å²) in [4.78, 5) is 24.3. The van der Waals surface area contributed by atoms with Gasteiger partial charge in [0, 0.05) is 38.1 Å². The zero-order chi connectivity index (χ0) is 28.5. The number of aliphatic imine (C=N–C) groups is 2. The number of benzene rings is 1. The first-order valence-corrected chi connectivity index (χ1v) is 13.4. The Bertz CT molecular complexity index is 1360. The van der Waals surface area contributed by atoms with Crippen LogP contribution in [-0.2, 0) is 14.8 Å². The SMILES string of the molecule is C=C/C=C(\N=C)C(=O)N1CCN(C(=C)c2ccc(NS(=O)(=O)/C(C=C)=C(\N=CC)C(=C)C=C)c(C)c2)CC1. The van der Waals surface area contributed by atoms with Gasteiger partial charge in [0.25, 0.3) is 15.9 Å². The predicted molar refractivity (Wildman–Crippen MR) is 159 cm³/mol. The summed E-state index contributed by atoms with van der Waals surface area (Å²) in [6.07, 6.45) is 7.21. The Hall–Kier alpha value is -4.24. The molecule has 1 N–H and O–H groups in total. The number of piperazine rings is 1. The van der Waals surface area contributed by atoms with Crippen LogP contribution in [0.15, 0.2) is 107 Å². The van der Waals surface area contributed by atoms with E-state index in [9.17, 15) is 13.2 Å². The third-order valence-electron chi connectivity index (χ3n) is 5.93. The number of hydrogen-bond acceptors (Lipinski definition) is 6. The highest BCUT2D eigenvalue weighted by Gasteiger charge is 2.25. The summed E-state index contributed by atoms with van der Waals surface area (Å²) >= 11 is 0. The summed E-state index contributed by atoms with van der Waals surface area (Å²) in [6.45, 7) is 28.1. The molecule has 9 heteroatoms. The molecule has 1 aromatic carbocycles. The summed E-state index contributed by atoms with van der Waals surface area (Å²) in [5.74, 6) is -0.185. The molecule has 0 unspecified atom stereocenters. The molecule has 1 amide bonds. The number of carbonyl (C=O) groups excluding carboxylic acids is 1. The summed E-state index contributed by atoms with van der Waals surface area (Å²) in [6, 6.07) is 5.37. The van der Waals surface area contributed by atoms with Crippen molar-refractivity contribution in [2.24, 2.45) is 9.98 Å². The lowest BCUT2D eigenvalue weighted by Gasteiger charge is -2.37. The number of allylic oxidation sites excluding steroid dienone is 4. The highest BCUT2D eigenvalue weighted by Crippen LogP contribution is 2.28. The van der Waals surface area contributed by atoms with Crippen LogP contribution in [0.1, 0.15) is 18.1 Å². The summed E-state index contributed by atoms with van der Waals surface area (Å²) in [5.41, 5.74) is 3.55. The lowest BCUT2D eigenvalue weighted by atomic mass is 10.1. The molecule has 1 heterocycles. The van der Waals surface area contributed by atoms with Crippen molar-refractivity contribution in [3.63, 3.8) is 0 Å². The molecule has 2 rings (SSSR count). The molecule has 1 fully saturated rings. The molecule has 0 aliphatic carbocycles. The second kappa shape index (κ2) is 13.3. The van der Waals surface area contributed by atoms with Crippen molar-refractivity contribution in [1.29, 1.82) is 0 Å². The lowest BCUT2D eigenvalue weighted by Crippen LogP contribution is -2.48. The quantitative estimate of drug-likeness (QED) is 0.236. The standard InChI is InChI=1S/C29H35N5O3S/c1-9-13-26(30-8)29(35)34-18-16-33(17-19-34)23(7)24-14-15-25(22(6)20-24)32-38(36,37)27(11-3)28(31-12-4)21(5)10-2/h9-15,20,32H,1-3,5,7-8,16-19H2,4,6H3/b26-13-,28-27-,31-12?. The number of nitrogens with one attached hydrogen (secondary N) is 1. The molecule has 1 aromatic rings. The number of aryl methyl sites for hydroxylation is 1. The van der Waals surface area contributed by atoms with Gasteiger partial charge in [0.15, 0.2) is 0 Å². The fraction of sp³-hybridized carbons (Fsp3) is 0.207. The second-order valence-corrected chi connectivity index (χ2v) is 9.99. The third kappa shape index (κ3) is 6.95. The average molecular weight is 534 g/mol. The third-order valence-corrected chi connectivity index (χ3v) is 7.36. The maximum Gasteiger partial charge on any atom is 0.272 e. The number of hydrogen-bond donors (Lipinski definition) is 1. The number of rotatable bonds is 12. The molecule has 8 nitrogen and oxygen atoms in total. The molecule has 0 radical (unpaired) electrons. The Kier molecular flexibility index (Phi) is 10.5. The zero-order valence-corrected chi connectivity index (χ0v) is 22.9. The minimum absolute atomic E-state index is 0.0986. The van der Waals surface area contributed by atoms with E-state index in [0.717, 1.165) is 11.3 Å². The molecular formula is C29H35N5O3S. The van der Waals surface area contributed by atoms with E-state index in [4.69, 9.17) is 0 Å². The van der Waals surface area contributed by atoms with Crippen LogP contribution in [0.2, 0.25) is 0 Å². The van der Waals surface area contributed by atoms with Crippen LogP contribution in [0.4, 0.5) is 5.69 Å². The number of nitrogens with zero attached hydrogens (tertiary/aromatic N) is 4. The molecule has 0 aromatic heterocycles. The largest absolute Gasteiger partial charge is 0.368 e. The van der Waals surface area contributed by atoms with Gasteiger partial charge >= 0.3 is 0 Å². The maximum atomic E-state index is 13.2. The normalized spacial score (nSPS) is 14.9. The molecule has 1 saturated heterocycles. The highest BCUT2D eigenvalue weighted by molar-refractivity contribution is 7.96. The second-order valence-electron chi connectivity index (χ2n) is 8.34. The van der Waals surface area contributed by atoms with E-state index >= 15 is 0 Å². The van der Waals surface area contributed by atoms with Crippen LogP contribution in [0.3, 0.4) is 0 Å². The number of anilines is 1. The van der Waals surface area contributed by atoms with E-state index < -0.39 is 10.0 Å². The van der Waals surface area contributed by atoms with Gasteiger partial charge in [-0.3, -0.25) is 19.5 Å². The Morgan fingerprint density at radius 1 is 1.05 bits per heavy atom. The van der Waals surface area contributed by atoms with Crippen molar-refractivity contribution >= 4 is 40.2 Å². The molecule has 0 spiro atoms. The summed E-state index contributed by atoms with van der Waals surface area (Å²) in [5, 5.41) is 0. The summed E-state index contributed by atoms with van der Waals surface area (Å²) < 4.78 is 29.1. The fourth-order valence-corrected chi connectivity index (χ4v) is 5.14. The Morgan fingerprint density at radius 3 is 2.18 bits per heavy atom. The molecule has 0 atom stereocenters. The van der Waals surface area contributed by atoms with Crippen molar-refractivity contribution in [2.45, 2.75) is 13.8 Å². The predicted octanol–water partition coefficient (Wildman–Crippen LogP) is 4.85. The van der Waals surface area contributed by atoms with Gasteiger partial charge in [0.05, 0.1) is 11.4 Å². The van der Waals surface area contributed by atoms with Gasteiger partial charge in [-0.05, 0) is 61.5 Å². The van der Waals surface area contributed by atoms with Gasteiger partial charge in [-0.15, -0.1) is 0 Å². The Balaban J connectivity index is 2.21. The van der Waals surface area contributed by atoms with E-state index in [1.165, 1.54) is 24.4 Å².